The Kier molecular flexibility index (Phi) is 8.79. The maximum Gasteiger partial charge on any atom is 0.164 e. The molecule has 10 aromatic carbocycles. The monoisotopic (exact) mass is 881 g/mol. The van der Waals surface area contributed by atoms with Crippen molar-refractivity contribution in [3.8, 4) is 67.8 Å². The number of aromatic nitrogens is 5. The van der Waals surface area contributed by atoms with E-state index in [9.17, 15) is 0 Å². The van der Waals surface area contributed by atoms with Crippen molar-refractivity contribution >= 4 is 65.6 Å². The maximum atomic E-state index is 7.38. The Morgan fingerprint density at radius 1 is 0.261 bits per heavy atom. The summed E-state index contributed by atoms with van der Waals surface area (Å²) in [6, 6.07) is 83.2. The summed E-state index contributed by atoms with van der Waals surface area (Å²) in [6.45, 7) is 0. The third-order valence-corrected chi connectivity index (χ3v) is 13.6. The molecule has 14 rings (SSSR count). The number of rotatable bonds is 7. The highest BCUT2D eigenvalue weighted by Crippen LogP contribution is 2.45. The van der Waals surface area contributed by atoms with Gasteiger partial charge in [-0.15, -0.1) is 0 Å². The molecule has 14 aromatic rings. The highest BCUT2D eigenvalue weighted by molar-refractivity contribution is 6.26. The lowest BCUT2D eigenvalue weighted by atomic mass is 10.0. The molecule has 4 aromatic heterocycles. The Hall–Kier alpha value is -9.39. The van der Waals surface area contributed by atoms with E-state index in [1.807, 2.05) is 36.4 Å². The third-order valence-electron chi connectivity index (χ3n) is 13.6. The van der Waals surface area contributed by atoms with Crippen LogP contribution in [0.4, 0.5) is 0 Å². The van der Waals surface area contributed by atoms with Crippen molar-refractivity contribution in [3.63, 3.8) is 0 Å². The second-order valence-corrected chi connectivity index (χ2v) is 17.6. The van der Waals surface area contributed by atoms with Crippen LogP contribution in [-0.2, 0) is 0 Å². The van der Waals surface area contributed by atoms with Crippen molar-refractivity contribution in [1.29, 1.82) is 0 Å². The summed E-state index contributed by atoms with van der Waals surface area (Å²) in [5, 5.41) is 6.70. The van der Waals surface area contributed by atoms with Crippen LogP contribution in [0, 0.1) is 0 Å². The number of para-hydroxylation sites is 2. The van der Waals surface area contributed by atoms with Crippen LogP contribution >= 0.6 is 0 Å². The van der Waals surface area contributed by atoms with E-state index in [4.69, 9.17) is 19.4 Å². The van der Waals surface area contributed by atoms with Crippen molar-refractivity contribution < 1.29 is 4.42 Å². The van der Waals surface area contributed by atoms with E-state index in [0.29, 0.717) is 17.5 Å². The molecule has 6 heteroatoms. The van der Waals surface area contributed by atoms with E-state index < -0.39 is 0 Å². The Labute approximate surface area is 396 Å². The van der Waals surface area contributed by atoms with Crippen LogP contribution in [-0.4, -0.2) is 24.1 Å². The Morgan fingerprint density at radius 3 is 1.16 bits per heavy atom. The average molecular weight is 882 g/mol. The predicted octanol–water partition coefficient (Wildman–Crippen LogP) is 16.3. The second kappa shape index (κ2) is 15.6. The number of benzene rings is 10. The smallest absolute Gasteiger partial charge is 0.164 e. The van der Waals surface area contributed by atoms with Crippen LogP contribution in [0.25, 0.3) is 133 Å². The second-order valence-electron chi connectivity index (χ2n) is 17.6. The van der Waals surface area contributed by atoms with Gasteiger partial charge in [-0.1, -0.05) is 188 Å². The van der Waals surface area contributed by atoms with E-state index in [2.05, 4.69) is 209 Å². The fourth-order valence-electron chi connectivity index (χ4n) is 10.4. The van der Waals surface area contributed by atoms with Crippen molar-refractivity contribution in [2.24, 2.45) is 0 Å². The van der Waals surface area contributed by atoms with Crippen molar-refractivity contribution in [3.05, 3.63) is 237 Å². The van der Waals surface area contributed by atoms with Gasteiger partial charge in [0.2, 0.25) is 0 Å². The van der Waals surface area contributed by atoms with E-state index in [1.54, 1.807) is 0 Å². The number of nitrogens with zero attached hydrogens (tertiary/aromatic N) is 5. The first-order valence-electron chi connectivity index (χ1n) is 23.3. The number of fused-ring (bicyclic) bond motifs is 11. The molecule has 0 radical (unpaired) electrons. The van der Waals surface area contributed by atoms with Gasteiger partial charge in [-0.3, -0.25) is 0 Å². The van der Waals surface area contributed by atoms with Crippen molar-refractivity contribution in [2.75, 3.05) is 0 Å². The van der Waals surface area contributed by atoms with Gasteiger partial charge in [0.25, 0.3) is 0 Å². The number of hydrogen-bond donors (Lipinski definition) is 0. The SMILES string of the molecule is c1ccc(-c2ccc(-c3nc(-c4ccccc4)nc(-c4cccc(-n5c6ccccc6c6ccc7c8ccc9c%10ccccc%10n(-c%10cccc(-c%11ccccc%11)c%10)c9c8oc7c65)c4)n3)cc2)cc1. The molecular weight excluding hydrogens is 843 g/mol. The van der Waals surface area contributed by atoms with Crippen LogP contribution in [0.5, 0.6) is 0 Å². The molecule has 0 saturated carbocycles. The molecule has 6 nitrogen and oxygen atoms in total. The zero-order valence-corrected chi connectivity index (χ0v) is 37.2. The number of hydrogen-bond acceptors (Lipinski definition) is 4. The Bertz CT molecular complexity index is 4280. The average Bonchev–Trinajstić information content (AvgIpc) is 4.10. The summed E-state index contributed by atoms with van der Waals surface area (Å²) in [6.07, 6.45) is 0. The molecule has 69 heavy (non-hydrogen) atoms. The predicted molar refractivity (Wildman–Crippen MR) is 283 cm³/mol. The molecule has 0 unspecified atom stereocenters. The molecule has 0 amide bonds. The summed E-state index contributed by atoms with van der Waals surface area (Å²) in [5.74, 6) is 1.82. The van der Waals surface area contributed by atoms with Crippen LogP contribution in [0.1, 0.15) is 0 Å². The molecule has 4 heterocycles. The lowest BCUT2D eigenvalue weighted by Crippen LogP contribution is -2.01. The summed E-state index contributed by atoms with van der Waals surface area (Å²) < 4.78 is 12.1. The Balaban J connectivity index is 0.974. The standard InChI is InChI=1S/C63H39N5O/c1-4-16-40(17-5-1)42-30-32-44(33-31-42)62-64-61(43-20-8-3-9-21-43)65-63(66-62)46-23-15-25-48(39-46)68-56-29-13-11-27-50(56)52-35-37-54-53-36-34-51-49-26-10-12-28-55(49)67(57(51)59(53)69-60(54)58(52)68)47-24-14-22-45(38-47)41-18-6-2-7-19-41/h1-39H. The highest BCUT2D eigenvalue weighted by Gasteiger charge is 2.24. The van der Waals surface area contributed by atoms with E-state index in [0.717, 1.165) is 105 Å². The van der Waals surface area contributed by atoms with Gasteiger partial charge in [0.15, 0.2) is 28.6 Å². The van der Waals surface area contributed by atoms with Gasteiger partial charge in [0.05, 0.1) is 22.1 Å². The first-order valence-corrected chi connectivity index (χ1v) is 23.3. The molecule has 0 aliphatic carbocycles. The van der Waals surface area contributed by atoms with Gasteiger partial charge < -0.3 is 13.6 Å². The van der Waals surface area contributed by atoms with Gasteiger partial charge in [0, 0.05) is 60.4 Å². The van der Waals surface area contributed by atoms with Crippen LogP contribution < -0.4 is 0 Å². The van der Waals surface area contributed by atoms with Crippen molar-refractivity contribution in [2.45, 2.75) is 0 Å². The summed E-state index contributed by atoms with van der Waals surface area (Å²) >= 11 is 0. The Morgan fingerprint density at radius 2 is 0.623 bits per heavy atom. The van der Waals surface area contributed by atoms with Crippen LogP contribution in [0.3, 0.4) is 0 Å². The maximum absolute atomic E-state index is 7.38. The molecule has 0 fully saturated rings. The molecule has 0 bridgehead atoms. The van der Waals surface area contributed by atoms with Gasteiger partial charge in [0.1, 0.15) is 0 Å². The first kappa shape index (κ1) is 38.8. The molecular formula is C63H39N5O. The fourth-order valence-corrected chi connectivity index (χ4v) is 10.4. The highest BCUT2D eigenvalue weighted by atomic mass is 16.3. The van der Waals surface area contributed by atoms with E-state index in [1.165, 1.54) is 10.9 Å². The minimum atomic E-state index is 0.592. The minimum Gasteiger partial charge on any atom is -0.452 e. The normalized spacial score (nSPS) is 11.8. The zero-order chi connectivity index (χ0) is 45.4. The first-order chi connectivity index (χ1) is 34.2. The number of furan rings is 1. The van der Waals surface area contributed by atoms with Gasteiger partial charge in [-0.05, 0) is 70.8 Å². The van der Waals surface area contributed by atoms with Crippen molar-refractivity contribution in [1.82, 2.24) is 24.1 Å². The molecule has 0 N–H and O–H groups in total. The molecule has 0 spiro atoms. The third kappa shape index (κ3) is 6.30. The van der Waals surface area contributed by atoms with Crippen LogP contribution in [0.15, 0.2) is 241 Å². The zero-order valence-electron chi connectivity index (χ0n) is 37.2. The summed E-state index contributed by atoms with van der Waals surface area (Å²) in [5.41, 5.74) is 15.3. The lowest BCUT2D eigenvalue weighted by molar-refractivity contribution is 0.673. The minimum absolute atomic E-state index is 0.592. The van der Waals surface area contributed by atoms with Gasteiger partial charge in [-0.25, -0.2) is 15.0 Å². The van der Waals surface area contributed by atoms with E-state index >= 15 is 0 Å². The summed E-state index contributed by atoms with van der Waals surface area (Å²) in [4.78, 5) is 15.4. The fraction of sp³-hybridized carbons (Fsp3) is 0. The molecule has 322 valence electrons. The van der Waals surface area contributed by atoms with E-state index in [-0.39, 0.29) is 0 Å². The van der Waals surface area contributed by atoms with Gasteiger partial charge in [-0.2, -0.15) is 0 Å². The van der Waals surface area contributed by atoms with Gasteiger partial charge >= 0.3 is 0 Å². The van der Waals surface area contributed by atoms with Crippen LogP contribution in [0.2, 0.25) is 0 Å². The topological polar surface area (TPSA) is 61.7 Å². The largest absolute Gasteiger partial charge is 0.452 e. The molecule has 0 aliphatic heterocycles. The quantitative estimate of drug-likeness (QED) is 0.160. The lowest BCUT2D eigenvalue weighted by Gasteiger charge is -2.12. The summed E-state index contributed by atoms with van der Waals surface area (Å²) in [7, 11) is 0. The molecule has 0 atom stereocenters. The molecule has 0 aliphatic rings. The molecule has 0 saturated heterocycles.